The minimum absolute atomic E-state index is 0.0671. The van der Waals surface area contributed by atoms with Crippen LogP contribution >= 0.6 is 0 Å². The summed E-state index contributed by atoms with van der Waals surface area (Å²) in [4.78, 5) is 23.6. The van der Waals surface area contributed by atoms with Gasteiger partial charge >= 0.3 is 11.9 Å². The van der Waals surface area contributed by atoms with E-state index in [0.717, 1.165) is 0 Å². The van der Waals surface area contributed by atoms with Gasteiger partial charge in [0.25, 0.3) is 0 Å². The fraction of sp³-hybridized carbons (Fsp3) is 0.286. The lowest BCUT2D eigenvalue weighted by atomic mass is 10.1. The number of ether oxygens (including phenoxy) is 2. The van der Waals surface area contributed by atoms with Crippen LogP contribution in [0.15, 0.2) is 18.2 Å². The Bertz CT molecular complexity index is 686. The van der Waals surface area contributed by atoms with Gasteiger partial charge in [0.2, 0.25) is 0 Å². The van der Waals surface area contributed by atoms with Gasteiger partial charge in [0.05, 0.1) is 24.8 Å². The number of phenols is 1. The SMILES string of the molecule is CCOC(=O)c1cc(O)cc2cc(C(=O)OC)n(C)c12. The van der Waals surface area contributed by atoms with Gasteiger partial charge in [-0.05, 0) is 25.1 Å². The number of benzene rings is 1. The van der Waals surface area contributed by atoms with Crippen LogP contribution in [0.1, 0.15) is 27.8 Å². The van der Waals surface area contributed by atoms with Crippen LogP contribution < -0.4 is 0 Å². The number of hydrogen-bond donors (Lipinski definition) is 1. The summed E-state index contributed by atoms with van der Waals surface area (Å²) in [6, 6.07) is 4.36. The van der Waals surface area contributed by atoms with Crippen LogP contribution in [0.2, 0.25) is 0 Å². The third-order valence-corrected chi connectivity index (χ3v) is 3.00. The van der Waals surface area contributed by atoms with Crippen LogP contribution in [-0.4, -0.2) is 35.3 Å². The Hall–Kier alpha value is -2.50. The Kier molecular flexibility index (Phi) is 3.65. The first-order valence-electron chi connectivity index (χ1n) is 6.07. The molecule has 0 saturated carbocycles. The molecule has 0 atom stereocenters. The van der Waals surface area contributed by atoms with E-state index in [-0.39, 0.29) is 17.9 Å². The van der Waals surface area contributed by atoms with Crippen molar-refractivity contribution in [2.24, 2.45) is 7.05 Å². The number of esters is 2. The van der Waals surface area contributed by atoms with E-state index >= 15 is 0 Å². The zero-order valence-corrected chi connectivity index (χ0v) is 11.5. The topological polar surface area (TPSA) is 77.8 Å². The number of rotatable bonds is 3. The van der Waals surface area contributed by atoms with Crippen molar-refractivity contribution in [1.29, 1.82) is 0 Å². The number of phenolic OH excluding ortho intramolecular Hbond substituents is 1. The van der Waals surface area contributed by atoms with E-state index in [2.05, 4.69) is 4.74 Å². The number of carbonyl (C=O) groups is 2. The highest BCUT2D eigenvalue weighted by Gasteiger charge is 2.20. The van der Waals surface area contributed by atoms with E-state index in [1.54, 1.807) is 24.6 Å². The number of aryl methyl sites for hydroxylation is 1. The average molecular weight is 277 g/mol. The lowest BCUT2D eigenvalue weighted by Crippen LogP contribution is -2.10. The van der Waals surface area contributed by atoms with Crippen LogP contribution in [0, 0.1) is 0 Å². The van der Waals surface area contributed by atoms with Crippen molar-refractivity contribution in [3.63, 3.8) is 0 Å². The van der Waals surface area contributed by atoms with Gasteiger partial charge in [0.1, 0.15) is 11.4 Å². The molecule has 6 heteroatoms. The molecule has 1 heterocycles. The minimum Gasteiger partial charge on any atom is -0.508 e. The molecule has 0 fully saturated rings. The molecule has 0 amide bonds. The predicted molar refractivity (Wildman–Crippen MR) is 71.9 cm³/mol. The maximum atomic E-state index is 11.9. The molecule has 0 aliphatic rings. The Morgan fingerprint density at radius 2 is 1.95 bits per heavy atom. The molecule has 0 aliphatic carbocycles. The summed E-state index contributed by atoms with van der Waals surface area (Å²) < 4.78 is 11.2. The molecule has 1 aromatic carbocycles. The molecule has 1 N–H and O–H groups in total. The average Bonchev–Trinajstić information content (AvgIpc) is 2.74. The van der Waals surface area contributed by atoms with E-state index in [4.69, 9.17) is 4.74 Å². The van der Waals surface area contributed by atoms with Crippen LogP contribution in [0.4, 0.5) is 0 Å². The van der Waals surface area contributed by atoms with Gasteiger partial charge in [-0.15, -0.1) is 0 Å². The van der Waals surface area contributed by atoms with Crippen LogP contribution in [0.25, 0.3) is 10.9 Å². The molecule has 0 bridgehead atoms. The molecule has 1 aromatic heterocycles. The highest BCUT2D eigenvalue weighted by atomic mass is 16.5. The smallest absolute Gasteiger partial charge is 0.354 e. The van der Waals surface area contributed by atoms with E-state index < -0.39 is 11.9 Å². The Morgan fingerprint density at radius 3 is 2.55 bits per heavy atom. The van der Waals surface area contributed by atoms with Crippen molar-refractivity contribution in [1.82, 2.24) is 4.57 Å². The van der Waals surface area contributed by atoms with Crippen LogP contribution in [-0.2, 0) is 16.5 Å². The quantitative estimate of drug-likeness (QED) is 0.866. The van der Waals surface area contributed by atoms with Crippen molar-refractivity contribution >= 4 is 22.8 Å². The highest BCUT2D eigenvalue weighted by molar-refractivity contribution is 6.06. The lowest BCUT2D eigenvalue weighted by molar-refractivity contribution is 0.0525. The van der Waals surface area contributed by atoms with E-state index in [9.17, 15) is 14.7 Å². The monoisotopic (exact) mass is 277 g/mol. The Morgan fingerprint density at radius 1 is 1.25 bits per heavy atom. The molecular formula is C14H15NO5. The van der Waals surface area contributed by atoms with Crippen molar-refractivity contribution in [2.45, 2.75) is 6.92 Å². The summed E-state index contributed by atoms with van der Waals surface area (Å²) in [7, 11) is 2.93. The Balaban J connectivity index is 2.72. The molecule has 2 rings (SSSR count). The minimum atomic E-state index is -0.550. The lowest BCUT2D eigenvalue weighted by Gasteiger charge is -2.07. The van der Waals surface area contributed by atoms with E-state index in [1.165, 1.54) is 19.2 Å². The summed E-state index contributed by atoms with van der Waals surface area (Å²) in [5.74, 6) is -1.13. The number of aromatic nitrogens is 1. The van der Waals surface area contributed by atoms with Gasteiger partial charge in [-0.2, -0.15) is 0 Å². The first kappa shape index (κ1) is 13.9. The van der Waals surface area contributed by atoms with Crippen LogP contribution in [0.3, 0.4) is 0 Å². The zero-order chi connectivity index (χ0) is 14.9. The first-order chi connectivity index (χ1) is 9.49. The molecule has 0 aliphatic heterocycles. The number of carbonyl (C=O) groups excluding carboxylic acids is 2. The molecular weight excluding hydrogens is 262 g/mol. The number of fused-ring (bicyclic) bond motifs is 1. The maximum absolute atomic E-state index is 11.9. The summed E-state index contributed by atoms with van der Waals surface area (Å²) in [6.45, 7) is 1.92. The number of methoxy groups -OCH3 is 1. The van der Waals surface area contributed by atoms with Gasteiger partial charge in [0.15, 0.2) is 0 Å². The maximum Gasteiger partial charge on any atom is 0.354 e. The second-order valence-corrected chi connectivity index (χ2v) is 4.23. The van der Waals surface area contributed by atoms with Gasteiger partial charge in [-0.1, -0.05) is 0 Å². The molecule has 2 aromatic rings. The van der Waals surface area contributed by atoms with Crippen molar-refractivity contribution in [2.75, 3.05) is 13.7 Å². The fourth-order valence-corrected chi connectivity index (χ4v) is 2.15. The third kappa shape index (κ3) is 2.20. The normalized spacial score (nSPS) is 10.6. The second-order valence-electron chi connectivity index (χ2n) is 4.23. The van der Waals surface area contributed by atoms with Crippen molar-refractivity contribution in [3.05, 3.63) is 29.5 Å². The summed E-state index contributed by atoms with van der Waals surface area (Å²) in [5, 5.41) is 10.3. The number of hydrogen-bond acceptors (Lipinski definition) is 5. The number of aromatic hydroxyl groups is 1. The second kappa shape index (κ2) is 5.24. The molecule has 106 valence electrons. The van der Waals surface area contributed by atoms with Gasteiger partial charge < -0.3 is 19.1 Å². The zero-order valence-electron chi connectivity index (χ0n) is 11.5. The van der Waals surface area contributed by atoms with E-state index in [0.29, 0.717) is 16.6 Å². The van der Waals surface area contributed by atoms with Gasteiger partial charge in [0, 0.05) is 12.4 Å². The molecule has 6 nitrogen and oxygen atoms in total. The fourth-order valence-electron chi connectivity index (χ4n) is 2.15. The third-order valence-electron chi connectivity index (χ3n) is 3.00. The van der Waals surface area contributed by atoms with E-state index in [1.807, 2.05) is 0 Å². The number of nitrogens with zero attached hydrogens (tertiary/aromatic N) is 1. The summed E-state index contributed by atoms with van der Waals surface area (Å²) in [6.07, 6.45) is 0. The Labute approximate surface area is 115 Å². The van der Waals surface area contributed by atoms with Crippen molar-refractivity contribution in [3.8, 4) is 5.75 Å². The molecule has 0 radical (unpaired) electrons. The highest BCUT2D eigenvalue weighted by Crippen LogP contribution is 2.28. The molecule has 0 spiro atoms. The van der Waals surface area contributed by atoms with Gasteiger partial charge in [-0.25, -0.2) is 9.59 Å². The predicted octanol–water partition coefficient (Wildman–Crippen LogP) is 1.85. The standard InChI is InChI=1S/C14H15NO5/c1-4-20-13(17)10-7-9(16)5-8-6-11(14(18)19-3)15(2)12(8)10/h5-7,16H,4H2,1-3H3. The first-order valence-corrected chi connectivity index (χ1v) is 6.07. The van der Waals surface area contributed by atoms with Gasteiger partial charge in [-0.3, -0.25) is 0 Å². The largest absolute Gasteiger partial charge is 0.508 e. The van der Waals surface area contributed by atoms with Crippen LogP contribution in [0.5, 0.6) is 5.75 Å². The summed E-state index contributed by atoms with van der Waals surface area (Å²) >= 11 is 0. The molecule has 0 saturated heterocycles. The molecule has 20 heavy (non-hydrogen) atoms. The van der Waals surface area contributed by atoms with Crippen molar-refractivity contribution < 1.29 is 24.2 Å². The molecule has 0 unspecified atom stereocenters. The summed E-state index contributed by atoms with van der Waals surface area (Å²) in [5.41, 5.74) is 1.01.